The monoisotopic (exact) mass is 408 g/mol. The van der Waals surface area contributed by atoms with E-state index in [0.29, 0.717) is 41.6 Å². The number of aryl methyl sites for hydroxylation is 1. The van der Waals surface area contributed by atoms with Gasteiger partial charge in [0, 0.05) is 43.8 Å². The van der Waals surface area contributed by atoms with Crippen LogP contribution in [-0.4, -0.2) is 54.9 Å². The van der Waals surface area contributed by atoms with E-state index in [4.69, 9.17) is 16.7 Å². The average Bonchev–Trinajstić information content (AvgIpc) is 3.16. The van der Waals surface area contributed by atoms with E-state index >= 15 is 0 Å². The van der Waals surface area contributed by atoms with Crippen LogP contribution in [0.3, 0.4) is 0 Å². The minimum Gasteiger partial charge on any atom is -0.402 e. The second kappa shape index (κ2) is 8.28. The number of nitriles is 1. The highest BCUT2D eigenvalue weighted by molar-refractivity contribution is 5.96. The lowest BCUT2D eigenvalue weighted by atomic mass is 9.97. The van der Waals surface area contributed by atoms with E-state index in [1.807, 2.05) is 11.6 Å². The number of hydrogen-bond donors (Lipinski definition) is 3. The summed E-state index contributed by atoms with van der Waals surface area (Å²) in [5, 5.41) is 12.4. The number of anilines is 1. The molecule has 2 aromatic rings. The Bertz CT molecular complexity index is 1010. The van der Waals surface area contributed by atoms with Crippen LogP contribution in [0.25, 0.3) is 11.2 Å². The maximum Gasteiger partial charge on any atom is 0.227 e. The molecular formula is C20H28N10. The van der Waals surface area contributed by atoms with Crippen molar-refractivity contribution in [3.63, 3.8) is 0 Å². The third-order valence-corrected chi connectivity index (χ3v) is 5.86. The Morgan fingerprint density at radius 3 is 2.73 bits per heavy atom. The predicted molar refractivity (Wildman–Crippen MR) is 116 cm³/mol. The van der Waals surface area contributed by atoms with E-state index in [0.717, 1.165) is 24.9 Å². The van der Waals surface area contributed by atoms with Crippen LogP contribution < -0.4 is 16.8 Å². The summed E-state index contributed by atoms with van der Waals surface area (Å²) in [5.41, 5.74) is 13.6. The van der Waals surface area contributed by atoms with Gasteiger partial charge in [-0.25, -0.2) is 9.98 Å². The molecule has 0 aromatic carbocycles. The number of fused-ring (bicyclic) bond motifs is 3. The fourth-order valence-electron chi connectivity index (χ4n) is 4.69. The smallest absolute Gasteiger partial charge is 0.227 e. The van der Waals surface area contributed by atoms with E-state index in [1.54, 1.807) is 19.3 Å². The highest BCUT2D eigenvalue weighted by atomic mass is 15.3. The number of nitrogens with zero attached hydrogens (tertiary/aromatic N) is 7. The molecule has 2 aliphatic heterocycles. The zero-order chi connectivity index (χ0) is 21.3. The molecule has 2 fully saturated rings. The number of aliphatic imine (C=N–C) groups is 1. The normalized spacial score (nSPS) is 24.9. The standard InChI is InChI=1S/C20H28N10/c1-12(22)8-16(23)26-19-17-18(24-11-29(17)2)27-20(28-19)25-13-9-14-4-5-15(10-13)30(14)7-3-6-21/h8,11,13-15H,3-5,7,9-10,22H2,1-2H3,(H3,23,25,26,27,28)/b12-8-/t14-,15-/m1/s1. The molecule has 2 bridgehead atoms. The Kier molecular flexibility index (Phi) is 5.55. The van der Waals surface area contributed by atoms with E-state index in [-0.39, 0.29) is 11.9 Å². The lowest BCUT2D eigenvalue weighted by molar-refractivity contribution is 0.135. The molecule has 10 nitrogen and oxygen atoms in total. The lowest BCUT2D eigenvalue weighted by Crippen LogP contribution is -2.47. The Morgan fingerprint density at radius 2 is 2.07 bits per heavy atom. The van der Waals surface area contributed by atoms with Gasteiger partial charge in [0.2, 0.25) is 5.95 Å². The summed E-state index contributed by atoms with van der Waals surface area (Å²) in [6.45, 7) is 2.62. The van der Waals surface area contributed by atoms with Gasteiger partial charge in [0.25, 0.3) is 0 Å². The summed E-state index contributed by atoms with van der Waals surface area (Å²) in [5.74, 6) is 1.26. The zero-order valence-corrected chi connectivity index (χ0v) is 17.4. The van der Waals surface area contributed by atoms with Crippen molar-refractivity contribution in [2.45, 2.75) is 57.2 Å². The molecule has 0 aliphatic carbocycles. The lowest BCUT2D eigenvalue weighted by Gasteiger charge is -2.38. The average molecular weight is 409 g/mol. The van der Waals surface area contributed by atoms with Crippen LogP contribution in [0.1, 0.15) is 39.0 Å². The Morgan fingerprint density at radius 1 is 1.33 bits per heavy atom. The molecule has 0 radical (unpaired) electrons. The molecular weight excluding hydrogens is 380 g/mol. The van der Waals surface area contributed by atoms with Crippen molar-refractivity contribution < 1.29 is 0 Å². The maximum atomic E-state index is 8.92. The van der Waals surface area contributed by atoms with Crippen molar-refractivity contribution in [3.8, 4) is 6.07 Å². The van der Waals surface area contributed by atoms with Crippen LogP contribution in [0.2, 0.25) is 0 Å². The molecule has 5 N–H and O–H groups in total. The number of nitrogens with one attached hydrogen (secondary N) is 1. The molecule has 30 heavy (non-hydrogen) atoms. The van der Waals surface area contributed by atoms with Gasteiger partial charge >= 0.3 is 0 Å². The molecule has 4 heterocycles. The van der Waals surface area contributed by atoms with Crippen molar-refractivity contribution in [2.24, 2.45) is 23.5 Å². The van der Waals surface area contributed by atoms with Crippen LogP contribution in [0, 0.1) is 11.3 Å². The zero-order valence-electron chi connectivity index (χ0n) is 17.4. The minimum atomic E-state index is 0.280. The maximum absolute atomic E-state index is 8.92. The fraction of sp³-hybridized carbons (Fsp3) is 0.550. The molecule has 2 atom stereocenters. The molecule has 2 saturated heterocycles. The summed E-state index contributed by atoms with van der Waals surface area (Å²) in [6.07, 6.45) is 8.28. The van der Waals surface area contributed by atoms with Crippen molar-refractivity contribution >= 4 is 28.8 Å². The quantitative estimate of drug-likeness (QED) is 0.481. The van der Waals surface area contributed by atoms with Crippen LogP contribution in [0.4, 0.5) is 11.8 Å². The van der Waals surface area contributed by atoms with Crippen molar-refractivity contribution in [2.75, 3.05) is 11.9 Å². The second-order valence-corrected chi connectivity index (χ2v) is 8.17. The van der Waals surface area contributed by atoms with Crippen molar-refractivity contribution in [3.05, 3.63) is 18.1 Å². The Labute approximate surface area is 175 Å². The largest absolute Gasteiger partial charge is 0.402 e. The molecule has 10 heteroatoms. The van der Waals surface area contributed by atoms with E-state index in [1.165, 1.54) is 12.8 Å². The van der Waals surface area contributed by atoms with Crippen LogP contribution in [0.5, 0.6) is 0 Å². The first-order valence-corrected chi connectivity index (χ1v) is 10.3. The summed E-state index contributed by atoms with van der Waals surface area (Å²) >= 11 is 0. The van der Waals surface area contributed by atoms with Gasteiger partial charge in [0.1, 0.15) is 11.4 Å². The number of hydrogen-bond acceptors (Lipinski definition) is 8. The number of nitrogens with two attached hydrogens (primary N) is 2. The number of allylic oxidation sites excluding steroid dienone is 1. The summed E-state index contributed by atoms with van der Waals surface area (Å²) < 4.78 is 1.83. The van der Waals surface area contributed by atoms with Gasteiger partial charge in [-0.15, -0.1) is 0 Å². The molecule has 158 valence electrons. The predicted octanol–water partition coefficient (Wildman–Crippen LogP) is 1.54. The summed E-state index contributed by atoms with van der Waals surface area (Å²) in [7, 11) is 1.87. The van der Waals surface area contributed by atoms with Gasteiger partial charge in [0.15, 0.2) is 11.5 Å². The third kappa shape index (κ3) is 4.07. The third-order valence-electron chi connectivity index (χ3n) is 5.86. The first-order chi connectivity index (χ1) is 14.4. The Balaban J connectivity index is 1.57. The molecule has 4 rings (SSSR count). The molecule has 0 saturated carbocycles. The number of amidine groups is 1. The van der Waals surface area contributed by atoms with E-state index in [9.17, 15) is 0 Å². The number of piperidine rings is 1. The van der Waals surface area contributed by atoms with Gasteiger partial charge < -0.3 is 21.4 Å². The van der Waals surface area contributed by atoms with Crippen LogP contribution >= 0.6 is 0 Å². The topological polar surface area (TPSA) is 147 Å². The first kappa shape index (κ1) is 20.1. The van der Waals surface area contributed by atoms with Gasteiger partial charge in [-0.05, 0) is 38.7 Å². The summed E-state index contributed by atoms with van der Waals surface area (Å²) in [6, 6.07) is 3.57. The van der Waals surface area contributed by atoms with Gasteiger partial charge in [0.05, 0.1) is 12.4 Å². The highest BCUT2D eigenvalue weighted by Gasteiger charge is 2.40. The molecule has 0 amide bonds. The van der Waals surface area contributed by atoms with Crippen LogP contribution in [-0.2, 0) is 7.05 Å². The van der Waals surface area contributed by atoms with Gasteiger partial charge in [-0.2, -0.15) is 15.2 Å². The van der Waals surface area contributed by atoms with Gasteiger partial charge in [-0.1, -0.05) is 0 Å². The molecule has 2 aliphatic rings. The molecule has 2 aromatic heterocycles. The second-order valence-electron chi connectivity index (χ2n) is 8.17. The number of rotatable bonds is 6. The highest BCUT2D eigenvalue weighted by Crippen LogP contribution is 2.36. The number of aromatic nitrogens is 4. The first-order valence-electron chi connectivity index (χ1n) is 10.3. The molecule has 0 unspecified atom stereocenters. The fourth-order valence-corrected chi connectivity index (χ4v) is 4.69. The van der Waals surface area contributed by atoms with Crippen molar-refractivity contribution in [1.29, 1.82) is 5.26 Å². The number of imidazole rings is 1. The SMILES string of the molecule is C/C(N)=C/C(N)=Nc1nc(NC2C[C@H]3CC[C@H](C2)N3CCC#N)nc2ncn(C)c12. The van der Waals surface area contributed by atoms with Crippen molar-refractivity contribution in [1.82, 2.24) is 24.4 Å². The molecule has 0 spiro atoms. The minimum absolute atomic E-state index is 0.280. The van der Waals surface area contributed by atoms with Gasteiger partial charge in [-0.3, -0.25) is 4.90 Å². The Hall–Kier alpha value is -3.19. The van der Waals surface area contributed by atoms with Crippen LogP contribution in [0.15, 0.2) is 23.1 Å². The summed E-state index contributed by atoms with van der Waals surface area (Å²) in [4.78, 5) is 20.6. The van der Waals surface area contributed by atoms with E-state index < -0.39 is 0 Å². The van der Waals surface area contributed by atoms with E-state index in [2.05, 4.69) is 36.2 Å².